The zero-order valence-corrected chi connectivity index (χ0v) is 13.6. The normalized spacial score (nSPS) is 65.0. The summed E-state index contributed by atoms with van der Waals surface area (Å²) in [4.78, 5) is 0. The number of nitrogens with one attached hydrogen (secondary N) is 1. The highest BCUT2D eigenvalue weighted by molar-refractivity contribution is 5.21. The highest BCUT2D eigenvalue weighted by Crippen LogP contribution is 2.68. The van der Waals surface area contributed by atoms with Crippen molar-refractivity contribution >= 4 is 0 Å². The first-order valence-electron chi connectivity index (χ1n) is 9.46. The maximum absolute atomic E-state index is 10.1. The molecule has 1 saturated heterocycles. The van der Waals surface area contributed by atoms with Gasteiger partial charge in [0.2, 0.25) is 0 Å². The Morgan fingerprint density at radius 2 is 1.71 bits per heavy atom. The summed E-state index contributed by atoms with van der Waals surface area (Å²) in [5, 5.41) is 13.8. The zero-order valence-electron chi connectivity index (χ0n) is 13.6. The van der Waals surface area contributed by atoms with E-state index in [4.69, 9.17) is 0 Å². The molecule has 2 nitrogen and oxygen atoms in total. The fraction of sp³-hybridized carbons (Fsp3) is 1.00. The lowest BCUT2D eigenvalue weighted by Gasteiger charge is -2.60. The van der Waals surface area contributed by atoms with Crippen LogP contribution in [0.3, 0.4) is 0 Å². The van der Waals surface area contributed by atoms with Gasteiger partial charge in [0.05, 0.1) is 6.10 Å². The van der Waals surface area contributed by atoms with Crippen LogP contribution in [0.5, 0.6) is 0 Å². The molecule has 1 aliphatic heterocycles. The molecule has 5 rings (SSSR count). The highest BCUT2D eigenvalue weighted by atomic mass is 16.3. The first-order valence-corrected chi connectivity index (χ1v) is 9.46. The van der Waals surface area contributed by atoms with Crippen molar-refractivity contribution in [3.05, 3.63) is 0 Å². The van der Waals surface area contributed by atoms with Gasteiger partial charge in [-0.3, -0.25) is 0 Å². The van der Waals surface area contributed by atoms with Crippen molar-refractivity contribution in [2.45, 2.75) is 83.4 Å². The second kappa shape index (κ2) is 4.06. The van der Waals surface area contributed by atoms with Crippen LogP contribution in [0.15, 0.2) is 0 Å². The molecule has 5 aliphatic rings. The van der Waals surface area contributed by atoms with Crippen molar-refractivity contribution in [2.75, 3.05) is 0 Å². The van der Waals surface area contributed by atoms with Gasteiger partial charge in [0.25, 0.3) is 0 Å². The van der Waals surface area contributed by atoms with Gasteiger partial charge in [0.1, 0.15) is 0 Å². The third-order valence-electron chi connectivity index (χ3n) is 8.98. The smallest absolute Gasteiger partial charge is 0.0543 e. The first kappa shape index (κ1) is 13.4. The summed E-state index contributed by atoms with van der Waals surface area (Å²) < 4.78 is 0. The van der Waals surface area contributed by atoms with E-state index >= 15 is 0 Å². The van der Waals surface area contributed by atoms with Gasteiger partial charge in [-0.15, -0.1) is 0 Å². The van der Waals surface area contributed by atoms with Crippen molar-refractivity contribution in [1.29, 1.82) is 0 Å². The number of hydrogen-bond acceptors (Lipinski definition) is 2. The van der Waals surface area contributed by atoms with Crippen LogP contribution in [0.25, 0.3) is 0 Å². The molecule has 1 heterocycles. The highest BCUT2D eigenvalue weighted by Gasteiger charge is 2.66. The van der Waals surface area contributed by atoms with E-state index in [1.165, 1.54) is 38.5 Å². The van der Waals surface area contributed by atoms with Crippen LogP contribution in [0.4, 0.5) is 0 Å². The number of rotatable bonds is 0. The molecule has 0 amide bonds. The molecule has 0 aromatic rings. The SMILES string of the molecule is C[C@]12CC[C@H](O)C[C@@H]1CC[C@@H]1[C@@H]2CC[C@]2(C)[C@@H]3N[C@@H]3C[C@@H]12. The summed E-state index contributed by atoms with van der Waals surface area (Å²) in [5.74, 6) is 3.76. The van der Waals surface area contributed by atoms with E-state index in [0.29, 0.717) is 10.8 Å². The Morgan fingerprint density at radius 1 is 0.905 bits per heavy atom. The molecule has 0 aromatic heterocycles. The Balaban J connectivity index is 1.46. The maximum Gasteiger partial charge on any atom is 0.0543 e. The summed E-state index contributed by atoms with van der Waals surface area (Å²) in [6, 6.07) is 1.74. The Hall–Kier alpha value is -0.0800. The Morgan fingerprint density at radius 3 is 2.57 bits per heavy atom. The van der Waals surface area contributed by atoms with Gasteiger partial charge in [-0.1, -0.05) is 13.8 Å². The molecule has 0 aromatic carbocycles. The number of aliphatic hydroxyl groups excluding tert-OH is 1. The molecule has 9 atom stereocenters. The van der Waals surface area contributed by atoms with Gasteiger partial charge < -0.3 is 10.4 Å². The minimum absolute atomic E-state index is 0.00296. The monoisotopic (exact) mass is 289 g/mol. The topological polar surface area (TPSA) is 42.2 Å². The fourth-order valence-corrected chi connectivity index (χ4v) is 7.72. The molecule has 0 spiro atoms. The molecule has 2 N–H and O–H groups in total. The number of aliphatic hydroxyl groups is 1. The molecule has 4 saturated carbocycles. The van der Waals surface area contributed by atoms with Crippen LogP contribution in [0.1, 0.15) is 65.2 Å². The van der Waals surface area contributed by atoms with E-state index in [1.54, 1.807) is 0 Å². The van der Waals surface area contributed by atoms with Gasteiger partial charge in [-0.2, -0.15) is 0 Å². The van der Waals surface area contributed by atoms with Gasteiger partial charge in [0.15, 0.2) is 0 Å². The molecule has 2 heteroatoms. The standard InChI is InChI=1S/C19H31NO/c1-18-7-5-12(21)9-11(18)3-4-13-14(18)6-8-19(2)15(13)10-16-17(19)20-16/h11-17,20-21H,3-10H2,1-2H3/t11-,12-,13+,14-,15-,16+,17+,18-,19-/m0/s1. The maximum atomic E-state index is 10.1. The molecule has 0 unspecified atom stereocenters. The predicted octanol–water partition coefficient (Wildman–Crippen LogP) is 3.34. The van der Waals surface area contributed by atoms with Crippen molar-refractivity contribution < 1.29 is 5.11 Å². The van der Waals surface area contributed by atoms with Gasteiger partial charge in [0, 0.05) is 12.1 Å². The summed E-state index contributed by atoms with van der Waals surface area (Å²) in [7, 11) is 0. The lowest BCUT2D eigenvalue weighted by molar-refractivity contribution is -0.123. The van der Waals surface area contributed by atoms with Crippen molar-refractivity contribution in [1.82, 2.24) is 5.32 Å². The van der Waals surface area contributed by atoms with Crippen LogP contribution >= 0.6 is 0 Å². The van der Waals surface area contributed by atoms with E-state index in [1.807, 2.05) is 0 Å². The lowest BCUT2D eigenvalue weighted by Crippen LogP contribution is -2.54. The van der Waals surface area contributed by atoms with Crippen LogP contribution < -0.4 is 5.32 Å². The third-order valence-corrected chi connectivity index (χ3v) is 8.98. The third kappa shape index (κ3) is 1.62. The quantitative estimate of drug-likeness (QED) is 0.672. The molecular weight excluding hydrogens is 258 g/mol. The summed E-state index contributed by atoms with van der Waals surface area (Å²) in [6.07, 6.45) is 10.7. The van der Waals surface area contributed by atoms with Crippen molar-refractivity contribution in [3.63, 3.8) is 0 Å². The number of hydrogen-bond donors (Lipinski definition) is 2. The number of fused-ring (bicyclic) bond motifs is 7. The molecule has 0 radical (unpaired) electrons. The molecule has 4 aliphatic carbocycles. The van der Waals surface area contributed by atoms with Crippen LogP contribution in [0.2, 0.25) is 0 Å². The Labute approximate surface area is 129 Å². The molecule has 118 valence electrons. The van der Waals surface area contributed by atoms with E-state index in [9.17, 15) is 5.11 Å². The van der Waals surface area contributed by atoms with Crippen molar-refractivity contribution in [2.24, 2.45) is 34.5 Å². The molecule has 0 bridgehead atoms. The summed E-state index contributed by atoms with van der Waals surface area (Å²) >= 11 is 0. The van der Waals surface area contributed by atoms with Crippen LogP contribution in [0, 0.1) is 34.5 Å². The van der Waals surface area contributed by atoms with E-state index < -0.39 is 0 Å². The van der Waals surface area contributed by atoms with Crippen LogP contribution in [-0.2, 0) is 0 Å². The molecule has 21 heavy (non-hydrogen) atoms. The Kier molecular flexibility index (Phi) is 2.58. The van der Waals surface area contributed by atoms with Gasteiger partial charge in [-0.05, 0) is 85.9 Å². The van der Waals surface area contributed by atoms with Crippen LogP contribution in [-0.4, -0.2) is 23.3 Å². The predicted molar refractivity (Wildman–Crippen MR) is 83.8 cm³/mol. The van der Waals surface area contributed by atoms with E-state index in [2.05, 4.69) is 19.2 Å². The Bertz CT molecular complexity index is 464. The summed E-state index contributed by atoms with van der Waals surface area (Å²) in [6.45, 7) is 5.19. The second-order valence-electron chi connectivity index (χ2n) is 9.62. The fourth-order valence-electron chi connectivity index (χ4n) is 7.72. The minimum atomic E-state index is -0.00296. The second-order valence-corrected chi connectivity index (χ2v) is 9.62. The average Bonchev–Trinajstić information content (AvgIpc) is 3.17. The zero-order chi connectivity index (χ0) is 14.4. The molecule has 5 fully saturated rings. The van der Waals surface area contributed by atoms with Gasteiger partial charge in [-0.25, -0.2) is 0 Å². The van der Waals surface area contributed by atoms with E-state index in [-0.39, 0.29) is 6.10 Å². The first-order chi connectivity index (χ1) is 10.0. The largest absolute Gasteiger partial charge is 0.393 e. The minimum Gasteiger partial charge on any atom is -0.393 e. The van der Waals surface area contributed by atoms with Crippen molar-refractivity contribution in [3.8, 4) is 0 Å². The summed E-state index contributed by atoms with van der Waals surface area (Å²) in [5.41, 5.74) is 1.16. The van der Waals surface area contributed by atoms with Gasteiger partial charge >= 0.3 is 0 Å². The lowest BCUT2D eigenvalue weighted by atomic mass is 9.45. The molecular formula is C19H31NO. The average molecular weight is 289 g/mol. The van der Waals surface area contributed by atoms with E-state index in [0.717, 1.165) is 48.6 Å². The number of piperidine rings is 1.